The molecule has 1 aromatic rings. The molecule has 0 aromatic heterocycles. The molecule has 0 unspecified atom stereocenters. The van der Waals surface area contributed by atoms with Crippen LogP contribution in [0.5, 0.6) is 0 Å². The van der Waals surface area contributed by atoms with Crippen LogP contribution in [0.1, 0.15) is 16.8 Å². The maximum absolute atomic E-state index is 12.3. The lowest BCUT2D eigenvalue weighted by Gasteiger charge is -2.41. The Kier molecular flexibility index (Phi) is 6.71. The fourth-order valence-electron chi connectivity index (χ4n) is 3.18. The van der Waals surface area contributed by atoms with Gasteiger partial charge in [-0.1, -0.05) is 18.2 Å². The first-order valence-electron chi connectivity index (χ1n) is 8.14. The number of benzene rings is 1. The molecule has 134 valence electrons. The molecule has 7 heteroatoms. The largest absolute Gasteiger partial charge is 0.478 e. The second kappa shape index (κ2) is 8.98. The maximum Gasteiger partial charge on any atom is 0.328 e. The molecule has 0 radical (unpaired) electrons. The molecule has 3 N–H and O–H groups in total. The molecule has 2 bridgehead atoms. The Bertz CT molecular complexity index is 616. The Balaban J connectivity index is 0.000000242. The first-order valence-corrected chi connectivity index (χ1v) is 8.14. The highest BCUT2D eigenvalue weighted by Gasteiger charge is 2.32. The number of fused-ring (bicyclic) bond motifs is 2. The van der Waals surface area contributed by atoms with Gasteiger partial charge in [0.1, 0.15) is 0 Å². The molecule has 25 heavy (non-hydrogen) atoms. The van der Waals surface area contributed by atoms with E-state index in [4.69, 9.17) is 10.2 Å². The number of amides is 1. The van der Waals surface area contributed by atoms with E-state index in [2.05, 4.69) is 5.32 Å². The minimum Gasteiger partial charge on any atom is -0.478 e. The lowest BCUT2D eigenvalue weighted by molar-refractivity contribution is -0.134. The van der Waals surface area contributed by atoms with Crippen molar-refractivity contribution >= 4 is 17.8 Å². The number of piperidine rings is 2. The Labute approximate surface area is 145 Å². The van der Waals surface area contributed by atoms with E-state index in [1.165, 1.54) is 6.42 Å². The number of carboxylic acids is 2. The van der Waals surface area contributed by atoms with Gasteiger partial charge in [0.15, 0.2) is 0 Å². The van der Waals surface area contributed by atoms with Gasteiger partial charge in [0.25, 0.3) is 5.91 Å². The molecule has 1 aromatic carbocycles. The standard InChI is InChI=1S/C14H18N2O.C4H4O4/c17-14(13-4-2-1-3-5-13)16-9-11-6-12(10-16)8-15-7-11;5-3(6)1-2-4(7)8/h1-5,11-12,15H,6-10H2;1-2H,(H,5,6)(H,7,8)/b;2-1+/t11-,12+;. The molecule has 7 nitrogen and oxygen atoms in total. The lowest BCUT2D eigenvalue weighted by atomic mass is 9.85. The van der Waals surface area contributed by atoms with E-state index in [0.29, 0.717) is 24.0 Å². The van der Waals surface area contributed by atoms with E-state index >= 15 is 0 Å². The van der Waals surface area contributed by atoms with Crippen LogP contribution in [0.3, 0.4) is 0 Å². The molecule has 0 spiro atoms. The molecule has 0 saturated carbocycles. The number of carbonyl (C=O) groups excluding carboxylic acids is 1. The van der Waals surface area contributed by atoms with Crippen molar-refractivity contribution in [3.8, 4) is 0 Å². The van der Waals surface area contributed by atoms with Crippen molar-refractivity contribution in [1.82, 2.24) is 10.2 Å². The summed E-state index contributed by atoms with van der Waals surface area (Å²) in [6.07, 6.45) is 2.40. The number of carbonyl (C=O) groups is 3. The van der Waals surface area contributed by atoms with E-state index in [9.17, 15) is 14.4 Å². The number of hydrogen-bond donors (Lipinski definition) is 3. The zero-order chi connectivity index (χ0) is 18.2. The third-order valence-electron chi connectivity index (χ3n) is 4.17. The molecule has 2 saturated heterocycles. The Morgan fingerprint density at radius 3 is 1.96 bits per heavy atom. The van der Waals surface area contributed by atoms with Crippen LogP contribution in [0, 0.1) is 11.8 Å². The number of rotatable bonds is 3. The summed E-state index contributed by atoms with van der Waals surface area (Å²) in [5, 5.41) is 19.1. The molecule has 2 atom stereocenters. The summed E-state index contributed by atoms with van der Waals surface area (Å²) in [6, 6.07) is 9.63. The summed E-state index contributed by atoms with van der Waals surface area (Å²) < 4.78 is 0. The van der Waals surface area contributed by atoms with Gasteiger partial charge in [-0.2, -0.15) is 0 Å². The number of carboxylic acid groups (broad SMARTS) is 2. The first-order chi connectivity index (χ1) is 12.0. The van der Waals surface area contributed by atoms with Gasteiger partial charge in [0.05, 0.1) is 0 Å². The third-order valence-corrected chi connectivity index (χ3v) is 4.17. The Hall–Kier alpha value is -2.67. The molecular weight excluding hydrogens is 324 g/mol. The first kappa shape index (κ1) is 18.7. The smallest absolute Gasteiger partial charge is 0.328 e. The van der Waals surface area contributed by atoms with Crippen molar-refractivity contribution in [3.05, 3.63) is 48.0 Å². The molecule has 2 aliphatic heterocycles. The summed E-state index contributed by atoms with van der Waals surface area (Å²) >= 11 is 0. The summed E-state index contributed by atoms with van der Waals surface area (Å²) in [7, 11) is 0. The van der Waals surface area contributed by atoms with Crippen LogP contribution in [0.2, 0.25) is 0 Å². The molecule has 2 fully saturated rings. The topological polar surface area (TPSA) is 107 Å². The van der Waals surface area contributed by atoms with Crippen LogP contribution in [-0.2, 0) is 9.59 Å². The lowest BCUT2D eigenvalue weighted by Crippen LogP contribution is -2.52. The van der Waals surface area contributed by atoms with Crippen molar-refractivity contribution in [2.75, 3.05) is 26.2 Å². The fourth-order valence-corrected chi connectivity index (χ4v) is 3.18. The van der Waals surface area contributed by atoms with Gasteiger partial charge in [-0.3, -0.25) is 4.79 Å². The number of nitrogens with zero attached hydrogens (tertiary/aromatic N) is 1. The minimum atomic E-state index is -1.26. The normalized spacial score (nSPS) is 22.0. The molecule has 2 aliphatic rings. The van der Waals surface area contributed by atoms with Crippen LogP contribution in [0.15, 0.2) is 42.5 Å². The number of likely N-dealkylation sites (tertiary alicyclic amines) is 1. The third kappa shape index (κ3) is 6.04. The fraction of sp³-hybridized carbons (Fsp3) is 0.389. The minimum absolute atomic E-state index is 0.196. The van der Waals surface area contributed by atoms with Crippen molar-refractivity contribution in [3.63, 3.8) is 0 Å². The summed E-state index contributed by atoms with van der Waals surface area (Å²) in [5.41, 5.74) is 0.820. The van der Waals surface area contributed by atoms with E-state index in [1.807, 2.05) is 35.2 Å². The summed E-state index contributed by atoms with van der Waals surface area (Å²) in [5.74, 6) is -1.02. The quantitative estimate of drug-likeness (QED) is 0.707. The SMILES string of the molecule is O=C(O)/C=C/C(=O)O.O=C(c1ccccc1)N1C[C@@H]2CNC[C@@H](C2)C1. The highest BCUT2D eigenvalue weighted by molar-refractivity contribution is 5.94. The predicted molar refractivity (Wildman–Crippen MR) is 91.2 cm³/mol. The highest BCUT2D eigenvalue weighted by Crippen LogP contribution is 2.25. The summed E-state index contributed by atoms with van der Waals surface area (Å²) in [6.45, 7) is 3.96. The zero-order valence-electron chi connectivity index (χ0n) is 13.8. The average Bonchev–Trinajstić information content (AvgIpc) is 2.60. The zero-order valence-corrected chi connectivity index (χ0v) is 13.8. The van der Waals surface area contributed by atoms with Gasteiger partial charge in [0, 0.05) is 30.8 Å². The van der Waals surface area contributed by atoms with Crippen molar-refractivity contribution < 1.29 is 24.6 Å². The maximum atomic E-state index is 12.3. The molecule has 1 amide bonds. The monoisotopic (exact) mass is 346 g/mol. The van der Waals surface area contributed by atoms with Gasteiger partial charge in [0.2, 0.25) is 0 Å². The summed E-state index contributed by atoms with van der Waals surface area (Å²) in [4.78, 5) is 33.5. The van der Waals surface area contributed by atoms with Crippen molar-refractivity contribution in [1.29, 1.82) is 0 Å². The predicted octanol–water partition coefficient (Wildman–Crippen LogP) is 1.08. The highest BCUT2D eigenvalue weighted by atomic mass is 16.4. The van der Waals surface area contributed by atoms with E-state index < -0.39 is 11.9 Å². The molecule has 3 rings (SSSR count). The second-order valence-electron chi connectivity index (χ2n) is 6.21. The van der Waals surface area contributed by atoms with Crippen LogP contribution in [0.25, 0.3) is 0 Å². The Morgan fingerprint density at radius 1 is 0.960 bits per heavy atom. The van der Waals surface area contributed by atoms with Crippen LogP contribution in [0.4, 0.5) is 0 Å². The van der Waals surface area contributed by atoms with E-state index in [-0.39, 0.29) is 5.91 Å². The van der Waals surface area contributed by atoms with Gasteiger partial charge < -0.3 is 20.4 Å². The molecule has 0 aliphatic carbocycles. The number of aliphatic carboxylic acids is 2. The molecular formula is C18H22N2O5. The van der Waals surface area contributed by atoms with Gasteiger partial charge in [-0.15, -0.1) is 0 Å². The van der Waals surface area contributed by atoms with Crippen molar-refractivity contribution in [2.24, 2.45) is 11.8 Å². The molecule has 2 heterocycles. The van der Waals surface area contributed by atoms with Crippen LogP contribution < -0.4 is 5.32 Å². The Morgan fingerprint density at radius 2 is 1.48 bits per heavy atom. The van der Waals surface area contributed by atoms with E-state index in [1.54, 1.807) is 0 Å². The number of hydrogen-bond acceptors (Lipinski definition) is 4. The van der Waals surface area contributed by atoms with E-state index in [0.717, 1.165) is 31.7 Å². The van der Waals surface area contributed by atoms with Gasteiger partial charge in [-0.05, 0) is 43.5 Å². The van der Waals surface area contributed by atoms with Crippen LogP contribution in [-0.4, -0.2) is 59.1 Å². The number of nitrogens with one attached hydrogen (secondary N) is 1. The average molecular weight is 346 g/mol. The van der Waals surface area contributed by atoms with Crippen molar-refractivity contribution in [2.45, 2.75) is 6.42 Å². The van der Waals surface area contributed by atoms with Gasteiger partial charge >= 0.3 is 11.9 Å². The van der Waals surface area contributed by atoms with Crippen LogP contribution >= 0.6 is 0 Å². The second-order valence-corrected chi connectivity index (χ2v) is 6.21. The van der Waals surface area contributed by atoms with Gasteiger partial charge in [-0.25, -0.2) is 9.59 Å².